The molecule has 1 amide bonds. The number of hydrogen-bond donors (Lipinski definition) is 2. The number of carbonyl (C=O) groups excluding carboxylic acids is 2. The van der Waals surface area contributed by atoms with E-state index in [-0.39, 0.29) is 18.2 Å². The van der Waals surface area contributed by atoms with Crippen LogP contribution in [0.3, 0.4) is 0 Å². The molecule has 1 aromatic rings. The summed E-state index contributed by atoms with van der Waals surface area (Å²) in [4.78, 5) is 22.9. The Balaban J connectivity index is 3.41. The smallest absolute Gasteiger partial charge is 0.221 e. The molecule has 17 heavy (non-hydrogen) atoms. The van der Waals surface area contributed by atoms with E-state index in [1.165, 1.54) is 14.0 Å². The monoisotopic (exact) mass is 300 g/mol. The summed E-state index contributed by atoms with van der Waals surface area (Å²) in [6.45, 7) is 1.22. The first kappa shape index (κ1) is 13.7. The number of anilines is 1. The second-order valence-corrected chi connectivity index (χ2v) is 4.16. The summed E-state index contributed by atoms with van der Waals surface area (Å²) >= 11 is 3.26. The maximum atomic E-state index is 11.7. The molecule has 0 atom stereocenters. The lowest BCUT2D eigenvalue weighted by Gasteiger charge is -2.14. The summed E-state index contributed by atoms with van der Waals surface area (Å²) in [5.41, 5.74) is 6.00. The molecule has 92 valence electrons. The van der Waals surface area contributed by atoms with Crippen molar-refractivity contribution in [3.63, 3.8) is 0 Å². The van der Waals surface area contributed by atoms with Crippen LogP contribution in [0.2, 0.25) is 0 Å². The Kier molecular flexibility index (Phi) is 4.65. The minimum absolute atomic E-state index is 0.141. The van der Waals surface area contributed by atoms with Gasteiger partial charge in [0.25, 0.3) is 0 Å². The van der Waals surface area contributed by atoms with Crippen molar-refractivity contribution in [2.45, 2.75) is 6.92 Å². The van der Waals surface area contributed by atoms with Crippen molar-refractivity contribution in [3.8, 4) is 5.75 Å². The van der Waals surface area contributed by atoms with E-state index in [9.17, 15) is 9.59 Å². The fraction of sp³-hybridized carbons (Fsp3) is 0.273. The molecule has 0 unspecified atom stereocenters. The SMILES string of the molecule is COc1ccc(Br)c(C(=O)CN)c1NC(C)=O. The molecule has 0 saturated carbocycles. The van der Waals surface area contributed by atoms with Crippen molar-refractivity contribution in [2.75, 3.05) is 19.0 Å². The van der Waals surface area contributed by atoms with Gasteiger partial charge in [0.2, 0.25) is 5.91 Å². The van der Waals surface area contributed by atoms with Crippen LogP contribution in [-0.4, -0.2) is 25.3 Å². The molecule has 0 heterocycles. The van der Waals surface area contributed by atoms with Gasteiger partial charge < -0.3 is 15.8 Å². The molecule has 0 spiro atoms. The number of methoxy groups -OCH3 is 1. The minimum atomic E-state index is -0.285. The van der Waals surface area contributed by atoms with E-state index in [4.69, 9.17) is 10.5 Å². The number of carbonyl (C=O) groups is 2. The van der Waals surface area contributed by atoms with Gasteiger partial charge in [0.15, 0.2) is 5.78 Å². The van der Waals surface area contributed by atoms with E-state index in [1.807, 2.05) is 0 Å². The van der Waals surface area contributed by atoms with Gasteiger partial charge in [-0.1, -0.05) is 0 Å². The van der Waals surface area contributed by atoms with Crippen molar-refractivity contribution in [1.82, 2.24) is 0 Å². The molecule has 0 saturated heterocycles. The number of hydrogen-bond acceptors (Lipinski definition) is 4. The molecule has 0 bridgehead atoms. The van der Waals surface area contributed by atoms with Gasteiger partial charge >= 0.3 is 0 Å². The first-order valence-corrected chi connectivity index (χ1v) is 5.68. The fourth-order valence-corrected chi connectivity index (χ4v) is 1.95. The van der Waals surface area contributed by atoms with Crippen molar-refractivity contribution >= 4 is 33.3 Å². The van der Waals surface area contributed by atoms with E-state index < -0.39 is 0 Å². The van der Waals surface area contributed by atoms with Gasteiger partial charge in [0.1, 0.15) is 5.75 Å². The lowest BCUT2D eigenvalue weighted by Crippen LogP contribution is -2.18. The molecule has 0 aliphatic heterocycles. The molecule has 1 rings (SSSR count). The third kappa shape index (κ3) is 3.04. The van der Waals surface area contributed by atoms with E-state index in [0.29, 0.717) is 21.5 Å². The van der Waals surface area contributed by atoms with Crippen LogP contribution in [-0.2, 0) is 4.79 Å². The molecule has 5 nitrogen and oxygen atoms in total. The Morgan fingerprint density at radius 3 is 2.59 bits per heavy atom. The van der Waals surface area contributed by atoms with Gasteiger partial charge in [-0.05, 0) is 28.1 Å². The molecule has 0 fully saturated rings. The van der Waals surface area contributed by atoms with Crippen molar-refractivity contribution < 1.29 is 14.3 Å². The highest BCUT2D eigenvalue weighted by Gasteiger charge is 2.19. The largest absolute Gasteiger partial charge is 0.495 e. The summed E-state index contributed by atoms with van der Waals surface area (Å²) < 4.78 is 5.68. The van der Waals surface area contributed by atoms with E-state index >= 15 is 0 Å². The van der Waals surface area contributed by atoms with Gasteiger partial charge in [0.05, 0.1) is 24.9 Å². The Hall–Kier alpha value is -1.40. The molecule has 6 heteroatoms. The Morgan fingerprint density at radius 1 is 1.47 bits per heavy atom. The Bertz CT molecular complexity index is 460. The second-order valence-electron chi connectivity index (χ2n) is 3.31. The van der Waals surface area contributed by atoms with Crippen LogP contribution in [0.25, 0.3) is 0 Å². The summed E-state index contributed by atoms with van der Waals surface area (Å²) in [7, 11) is 1.46. The van der Waals surface area contributed by atoms with Gasteiger partial charge in [-0.25, -0.2) is 0 Å². The van der Waals surface area contributed by atoms with Crippen LogP contribution >= 0.6 is 15.9 Å². The average Bonchev–Trinajstić information content (AvgIpc) is 2.28. The standard InChI is InChI=1S/C11H13BrN2O3/c1-6(15)14-11-9(17-2)4-3-7(12)10(11)8(16)5-13/h3-4H,5,13H2,1-2H3,(H,14,15). The normalized spacial score (nSPS) is 9.88. The number of benzene rings is 1. The van der Waals surface area contributed by atoms with Crippen molar-refractivity contribution in [3.05, 3.63) is 22.2 Å². The van der Waals surface area contributed by atoms with Gasteiger partial charge in [-0.2, -0.15) is 0 Å². The van der Waals surface area contributed by atoms with Crippen molar-refractivity contribution in [1.29, 1.82) is 0 Å². The predicted octanol–water partition coefficient (Wildman–Crippen LogP) is 1.56. The molecule has 0 radical (unpaired) electrons. The second kappa shape index (κ2) is 5.79. The maximum absolute atomic E-state index is 11.7. The van der Waals surface area contributed by atoms with Gasteiger partial charge in [0, 0.05) is 11.4 Å². The van der Waals surface area contributed by atoms with Crippen LogP contribution in [0.15, 0.2) is 16.6 Å². The van der Waals surface area contributed by atoms with Crippen LogP contribution in [0, 0.1) is 0 Å². The topological polar surface area (TPSA) is 81.4 Å². The van der Waals surface area contributed by atoms with Crippen molar-refractivity contribution in [2.24, 2.45) is 5.73 Å². The zero-order valence-corrected chi connectivity index (χ0v) is 11.1. The number of nitrogens with two attached hydrogens (primary N) is 1. The molecule has 0 aliphatic rings. The summed E-state index contributed by atoms with van der Waals surface area (Å²) in [6, 6.07) is 3.33. The molecule has 0 aromatic heterocycles. The average molecular weight is 301 g/mol. The first-order valence-electron chi connectivity index (χ1n) is 4.88. The highest BCUT2D eigenvalue weighted by molar-refractivity contribution is 9.10. The molecule has 0 aliphatic carbocycles. The third-order valence-electron chi connectivity index (χ3n) is 2.10. The van der Waals surface area contributed by atoms with E-state index in [1.54, 1.807) is 12.1 Å². The number of Topliss-reactive ketones (excluding diaryl/α,β-unsaturated/α-hetero) is 1. The van der Waals surface area contributed by atoms with Crippen LogP contribution in [0.1, 0.15) is 17.3 Å². The summed E-state index contributed by atoms with van der Waals surface area (Å²) in [5.74, 6) is -0.146. The number of amides is 1. The lowest BCUT2D eigenvalue weighted by atomic mass is 10.1. The van der Waals surface area contributed by atoms with E-state index in [2.05, 4.69) is 21.2 Å². The zero-order valence-electron chi connectivity index (χ0n) is 9.54. The van der Waals surface area contributed by atoms with Crippen LogP contribution in [0.5, 0.6) is 5.75 Å². The van der Waals surface area contributed by atoms with E-state index in [0.717, 1.165) is 0 Å². The molecular weight excluding hydrogens is 288 g/mol. The summed E-state index contributed by atoms with van der Waals surface area (Å²) in [6.07, 6.45) is 0. The lowest BCUT2D eigenvalue weighted by molar-refractivity contribution is -0.114. The number of rotatable bonds is 4. The zero-order chi connectivity index (χ0) is 13.0. The predicted molar refractivity (Wildman–Crippen MR) is 68.4 cm³/mol. The van der Waals surface area contributed by atoms with Crippen LogP contribution in [0.4, 0.5) is 5.69 Å². The number of halogens is 1. The Labute approximate surface area is 107 Å². The Morgan fingerprint density at radius 2 is 2.12 bits per heavy atom. The van der Waals surface area contributed by atoms with Crippen LogP contribution < -0.4 is 15.8 Å². The number of nitrogens with one attached hydrogen (secondary N) is 1. The quantitative estimate of drug-likeness (QED) is 0.827. The molecule has 1 aromatic carbocycles. The molecule has 3 N–H and O–H groups in total. The highest BCUT2D eigenvalue weighted by Crippen LogP contribution is 2.34. The summed E-state index contributed by atoms with van der Waals surface area (Å²) in [5, 5.41) is 2.58. The minimum Gasteiger partial charge on any atom is -0.495 e. The maximum Gasteiger partial charge on any atom is 0.221 e. The highest BCUT2D eigenvalue weighted by atomic mass is 79.9. The molecular formula is C11H13BrN2O3. The number of ketones is 1. The van der Waals surface area contributed by atoms with Gasteiger partial charge in [-0.3, -0.25) is 9.59 Å². The fourth-order valence-electron chi connectivity index (χ4n) is 1.40. The third-order valence-corrected chi connectivity index (χ3v) is 2.76. The first-order chi connectivity index (χ1) is 8.01. The van der Waals surface area contributed by atoms with Gasteiger partial charge in [-0.15, -0.1) is 0 Å². The number of ether oxygens (including phenoxy) is 1.